The molecule has 1 aromatic rings. The number of carbonyl (C=O) groups is 1. The van der Waals surface area contributed by atoms with Gasteiger partial charge in [0.2, 0.25) is 0 Å². The minimum atomic E-state index is -3.63. The van der Waals surface area contributed by atoms with Gasteiger partial charge in [0.25, 0.3) is 5.91 Å². The van der Waals surface area contributed by atoms with Crippen LogP contribution in [0.5, 0.6) is 5.75 Å². The van der Waals surface area contributed by atoms with Crippen molar-refractivity contribution >= 4 is 15.7 Å². The van der Waals surface area contributed by atoms with Crippen LogP contribution in [0, 0.1) is 22.7 Å². The van der Waals surface area contributed by atoms with E-state index in [-0.39, 0.29) is 44.6 Å². The van der Waals surface area contributed by atoms with Crippen LogP contribution in [0.2, 0.25) is 0 Å². The van der Waals surface area contributed by atoms with Crippen LogP contribution in [-0.4, -0.2) is 56.3 Å². The van der Waals surface area contributed by atoms with Crippen LogP contribution in [0.15, 0.2) is 17.0 Å². The van der Waals surface area contributed by atoms with Crippen molar-refractivity contribution in [3.63, 3.8) is 0 Å². The predicted molar refractivity (Wildman–Crippen MR) is 128 cm³/mol. The molecule has 0 spiro atoms. The molecule has 1 saturated heterocycles. The first-order valence-electron chi connectivity index (χ1n) is 12.5. The van der Waals surface area contributed by atoms with Gasteiger partial charge in [0.15, 0.2) is 9.84 Å². The van der Waals surface area contributed by atoms with Crippen molar-refractivity contribution in [2.75, 3.05) is 31.9 Å². The van der Waals surface area contributed by atoms with Crippen molar-refractivity contribution in [1.82, 2.24) is 10.2 Å². The number of phenols is 1. The van der Waals surface area contributed by atoms with E-state index in [0.717, 1.165) is 38.8 Å². The van der Waals surface area contributed by atoms with Gasteiger partial charge in [-0.05, 0) is 60.5 Å². The lowest BCUT2D eigenvalue weighted by Gasteiger charge is -2.63. The largest absolute Gasteiger partial charge is 0.508 e. The number of nitrogens with one attached hydrogen (secondary N) is 1. The zero-order valence-corrected chi connectivity index (χ0v) is 21.2. The Bertz CT molecular complexity index is 1090. The number of amides is 1. The summed E-state index contributed by atoms with van der Waals surface area (Å²) in [6.45, 7) is 11.8. The van der Waals surface area contributed by atoms with Crippen LogP contribution >= 0.6 is 0 Å². The van der Waals surface area contributed by atoms with E-state index < -0.39 is 15.3 Å². The van der Waals surface area contributed by atoms with E-state index in [0.29, 0.717) is 24.6 Å². The molecule has 4 atom stereocenters. The number of carbonyl (C=O) groups excluding carboxylic acids is 1. The zero-order valence-electron chi connectivity index (χ0n) is 20.4. The smallest absolute Gasteiger partial charge is 0.254 e. The van der Waals surface area contributed by atoms with Gasteiger partial charge in [0, 0.05) is 42.7 Å². The molecule has 2 heterocycles. The Kier molecular flexibility index (Phi) is 5.23. The zero-order chi connectivity index (χ0) is 23.8. The van der Waals surface area contributed by atoms with Crippen LogP contribution < -0.4 is 5.32 Å². The van der Waals surface area contributed by atoms with Gasteiger partial charge < -0.3 is 15.3 Å². The summed E-state index contributed by atoms with van der Waals surface area (Å²) in [4.78, 5) is 15.0. The number of piperazine rings is 1. The van der Waals surface area contributed by atoms with Gasteiger partial charge in [0.1, 0.15) is 5.75 Å². The number of fused-ring (bicyclic) bond motifs is 5. The Morgan fingerprint density at radius 2 is 1.76 bits per heavy atom. The van der Waals surface area contributed by atoms with Crippen LogP contribution in [0.4, 0.5) is 0 Å². The Morgan fingerprint density at radius 1 is 1.06 bits per heavy atom. The fourth-order valence-corrected chi connectivity index (χ4v) is 10.5. The highest BCUT2D eigenvalue weighted by Crippen LogP contribution is 2.67. The fraction of sp³-hybridized carbons (Fsp3) is 0.731. The molecule has 4 aliphatic rings. The monoisotopic (exact) mass is 474 g/mol. The Morgan fingerprint density at radius 3 is 2.45 bits per heavy atom. The summed E-state index contributed by atoms with van der Waals surface area (Å²) in [5, 5.41) is 14.5. The van der Waals surface area contributed by atoms with Gasteiger partial charge >= 0.3 is 0 Å². The summed E-state index contributed by atoms with van der Waals surface area (Å²) in [7, 11) is -3.63. The van der Waals surface area contributed by atoms with Gasteiger partial charge in [-0.3, -0.25) is 4.79 Å². The lowest BCUT2D eigenvalue weighted by molar-refractivity contribution is -0.0984. The number of nitrogens with zero attached hydrogens (tertiary/aromatic N) is 1. The number of phenolic OH excluding ortho intramolecular Hbond substituents is 1. The molecule has 2 aliphatic carbocycles. The molecule has 6 nitrogen and oxygen atoms in total. The number of hydrogen-bond donors (Lipinski definition) is 2. The predicted octanol–water partition coefficient (Wildman–Crippen LogP) is 3.73. The standard InChI is InChI=1S/C26H38N2O4S/c1-24(2)7-5-8-25(3)20(24)6-9-26(4)21(25)16-33(31,32)19-15-17(14-18(29)22(19)26)23(30)28-12-10-27-11-13-28/h14-15,20-21,27,29H,5-13,16H2,1-4H3/t20-,21+,25-,26+/m0/s1. The van der Waals surface area contributed by atoms with E-state index in [2.05, 4.69) is 33.0 Å². The van der Waals surface area contributed by atoms with Crippen molar-refractivity contribution in [3.05, 3.63) is 23.3 Å². The van der Waals surface area contributed by atoms with Crippen molar-refractivity contribution in [2.45, 2.75) is 70.1 Å². The van der Waals surface area contributed by atoms with Crippen LogP contribution in [-0.2, 0) is 15.3 Å². The van der Waals surface area contributed by atoms with Crippen molar-refractivity contribution in [2.24, 2.45) is 22.7 Å². The van der Waals surface area contributed by atoms with E-state index in [1.807, 2.05) is 0 Å². The van der Waals surface area contributed by atoms with Crippen LogP contribution in [0.1, 0.15) is 75.7 Å². The first-order valence-corrected chi connectivity index (χ1v) is 14.2. The summed E-state index contributed by atoms with van der Waals surface area (Å²) in [6, 6.07) is 3.07. The van der Waals surface area contributed by atoms with E-state index >= 15 is 0 Å². The Labute approximate surface area is 198 Å². The highest BCUT2D eigenvalue weighted by molar-refractivity contribution is 7.91. The Balaban J connectivity index is 1.61. The van der Waals surface area contributed by atoms with Gasteiger partial charge in [-0.25, -0.2) is 8.42 Å². The second-order valence-corrected chi connectivity index (χ2v) is 14.1. The molecule has 7 heteroatoms. The molecule has 5 rings (SSSR count). The molecule has 182 valence electrons. The maximum atomic E-state index is 13.7. The molecule has 2 aliphatic heterocycles. The minimum absolute atomic E-state index is 0.0288. The van der Waals surface area contributed by atoms with Crippen molar-refractivity contribution < 1.29 is 18.3 Å². The molecule has 33 heavy (non-hydrogen) atoms. The molecule has 1 aromatic carbocycles. The number of benzene rings is 1. The molecule has 0 aromatic heterocycles. The summed E-state index contributed by atoms with van der Waals surface area (Å²) in [5.74, 6) is 0.302. The highest BCUT2D eigenvalue weighted by atomic mass is 32.2. The van der Waals surface area contributed by atoms with E-state index in [4.69, 9.17) is 0 Å². The third-order valence-corrected chi connectivity index (χ3v) is 11.6. The number of aromatic hydroxyl groups is 1. The molecule has 0 bridgehead atoms. The van der Waals surface area contributed by atoms with E-state index in [1.54, 1.807) is 11.0 Å². The number of rotatable bonds is 1. The van der Waals surface area contributed by atoms with Crippen molar-refractivity contribution in [1.29, 1.82) is 0 Å². The topological polar surface area (TPSA) is 86.7 Å². The average molecular weight is 475 g/mol. The molecule has 3 fully saturated rings. The summed E-state index contributed by atoms with van der Waals surface area (Å²) in [5.41, 5.74) is 0.525. The van der Waals surface area contributed by atoms with Gasteiger partial charge in [-0.15, -0.1) is 0 Å². The second-order valence-electron chi connectivity index (χ2n) is 12.1. The molecular weight excluding hydrogens is 436 g/mol. The van der Waals surface area contributed by atoms with Crippen LogP contribution in [0.3, 0.4) is 0 Å². The summed E-state index contributed by atoms with van der Waals surface area (Å²) >= 11 is 0. The minimum Gasteiger partial charge on any atom is -0.508 e. The lowest BCUT2D eigenvalue weighted by Crippen LogP contribution is -2.59. The first-order chi connectivity index (χ1) is 15.4. The second kappa shape index (κ2) is 7.45. The molecular formula is C26H38N2O4S. The highest BCUT2D eigenvalue weighted by Gasteiger charge is 2.62. The maximum Gasteiger partial charge on any atom is 0.254 e. The summed E-state index contributed by atoms with van der Waals surface area (Å²) in [6.07, 6.45) is 5.23. The lowest BCUT2D eigenvalue weighted by atomic mass is 9.43. The third-order valence-electron chi connectivity index (χ3n) is 9.82. The molecule has 0 unspecified atom stereocenters. The molecule has 0 radical (unpaired) electrons. The number of hydrogen-bond acceptors (Lipinski definition) is 5. The third kappa shape index (κ3) is 3.36. The summed E-state index contributed by atoms with van der Waals surface area (Å²) < 4.78 is 27.4. The fourth-order valence-electron chi connectivity index (χ4n) is 8.23. The van der Waals surface area contributed by atoms with E-state index in [1.165, 1.54) is 12.5 Å². The average Bonchev–Trinajstić information content (AvgIpc) is 2.74. The number of sulfone groups is 1. The van der Waals surface area contributed by atoms with Crippen molar-refractivity contribution in [3.8, 4) is 5.75 Å². The quantitative estimate of drug-likeness (QED) is 0.648. The normalized spacial score (nSPS) is 36.9. The Hall–Kier alpha value is -1.60. The molecule has 2 N–H and O–H groups in total. The molecule has 1 amide bonds. The maximum absolute atomic E-state index is 13.7. The van der Waals surface area contributed by atoms with Crippen LogP contribution in [0.25, 0.3) is 0 Å². The SMILES string of the molecule is CC1(C)CCC[C@]2(C)[C@H]3CS(=O)(=O)c4cc(C(=O)N5CCNCC5)cc(O)c4[C@]3(C)CC[C@@H]12. The molecule has 2 saturated carbocycles. The van der Waals surface area contributed by atoms with Gasteiger partial charge in [0.05, 0.1) is 10.6 Å². The first kappa shape index (κ1) is 23.2. The van der Waals surface area contributed by atoms with E-state index in [9.17, 15) is 18.3 Å². The van der Waals surface area contributed by atoms with Gasteiger partial charge in [-0.2, -0.15) is 0 Å². The van der Waals surface area contributed by atoms with Gasteiger partial charge in [-0.1, -0.05) is 34.1 Å².